The lowest BCUT2D eigenvalue weighted by Gasteiger charge is -2.24. The number of imidazole rings is 1. The van der Waals surface area contributed by atoms with E-state index in [0.29, 0.717) is 0 Å². The summed E-state index contributed by atoms with van der Waals surface area (Å²) >= 11 is 0. The van der Waals surface area contributed by atoms with Crippen LogP contribution in [-0.4, -0.2) is 4.57 Å². The van der Waals surface area contributed by atoms with Crippen molar-refractivity contribution < 1.29 is 4.57 Å². The number of aromatic nitrogens is 2. The van der Waals surface area contributed by atoms with Gasteiger partial charge in [0, 0.05) is 0 Å². The first-order chi connectivity index (χ1) is 10.2. The number of aryl methyl sites for hydroxylation is 1. The summed E-state index contributed by atoms with van der Waals surface area (Å²) < 4.78 is 4.58. The minimum atomic E-state index is 0.865. The smallest absolute Gasteiger partial charge is 0.236 e. The predicted octanol–water partition coefficient (Wildman–Crippen LogP) is 4.15. The van der Waals surface area contributed by atoms with Crippen LogP contribution in [0, 0.1) is 11.8 Å². The van der Waals surface area contributed by atoms with Gasteiger partial charge in [0.1, 0.15) is 18.1 Å². The Kier molecular flexibility index (Phi) is 4.42. The summed E-state index contributed by atoms with van der Waals surface area (Å²) in [6.45, 7) is 5.76. The minimum Gasteiger partial charge on any atom is -0.236 e. The van der Waals surface area contributed by atoms with Gasteiger partial charge in [-0.3, -0.25) is 0 Å². The maximum atomic E-state index is 2.39. The fraction of sp³-hybridized carbons (Fsp3) is 0.526. The van der Waals surface area contributed by atoms with E-state index in [1.54, 1.807) is 0 Å². The van der Waals surface area contributed by atoms with E-state index in [0.717, 1.165) is 18.3 Å². The van der Waals surface area contributed by atoms with Crippen LogP contribution in [0.4, 0.5) is 0 Å². The molecule has 112 valence electrons. The molecule has 1 aliphatic rings. The van der Waals surface area contributed by atoms with Crippen LogP contribution in [0.25, 0.3) is 5.69 Å². The summed E-state index contributed by atoms with van der Waals surface area (Å²) in [5.41, 5.74) is 2.65. The Bertz CT molecular complexity index is 560. The molecule has 0 aliphatic heterocycles. The molecule has 0 atom stereocenters. The molecule has 0 bridgehead atoms. The average molecular weight is 283 g/mol. The highest BCUT2D eigenvalue weighted by atomic mass is 15.1. The second-order valence-electron chi connectivity index (χ2n) is 6.66. The van der Waals surface area contributed by atoms with Crippen molar-refractivity contribution in [1.29, 1.82) is 0 Å². The van der Waals surface area contributed by atoms with Gasteiger partial charge < -0.3 is 0 Å². The van der Waals surface area contributed by atoms with E-state index in [-0.39, 0.29) is 0 Å². The summed E-state index contributed by atoms with van der Waals surface area (Å²) in [7, 11) is 0. The highest BCUT2D eigenvalue weighted by molar-refractivity contribution is 5.34. The Balaban J connectivity index is 1.65. The molecule has 0 spiro atoms. The van der Waals surface area contributed by atoms with Crippen molar-refractivity contribution in [3.05, 3.63) is 48.5 Å². The molecular weight excluding hydrogens is 256 g/mol. The van der Waals surface area contributed by atoms with E-state index in [9.17, 15) is 0 Å². The van der Waals surface area contributed by atoms with E-state index in [1.807, 2.05) is 0 Å². The average Bonchev–Trinajstić information content (AvgIpc) is 2.98. The molecule has 3 rings (SSSR count). The van der Waals surface area contributed by atoms with E-state index in [4.69, 9.17) is 0 Å². The molecule has 1 aromatic heterocycles. The number of nitrogens with zero attached hydrogens (tertiary/aromatic N) is 2. The van der Waals surface area contributed by atoms with Gasteiger partial charge in [-0.15, -0.1) is 0 Å². The first kappa shape index (κ1) is 14.4. The van der Waals surface area contributed by atoms with Crippen LogP contribution in [0.5, 0.6) is 0 Å². The van der Waals surface area contributed by atoms with Crippen molar-refractivity contribution in [3.8, 4) is 5.69 Å². The third kappa shape index (κ3) is 3.55. The first-order valence-electron chi connectivity index (χ1n) is 8.41. The Hall–Kier alpha value is -1.57. The maximum absolute atomic E-state index is 2.39. The van der Waals surface area contributed by atoms with E-state index in [2.05, 4.69) is 66.0 Å². The lowest BCUT2D eigenvalue weighted by atomic mass is 9.83. The van der Waals surface area contributed by atoms with Crippen molar-refractivity contribution in [2.45, 2.75) is 52.5 Å². The Morgan fingerprint density at radius 2 is 1.81 bits per heavy atom. The Labute approximate surface area is 128 Å². The zero-order valence-corrected chi connectivity index (χ0v) is 13.3. The van der Waals surface area contributed by atoms with Gasteiger partial charge >= 0.3 is 0 Å². The molecule has 0 radical (unpaired) electrons. The quantitative estimate of drug-likeness (QED) is 0.745. The van der Waals surface area contributed by atoms with Crippen molar-refractivity contribution in [2.24, 2.45) is 11.8 Å². The molecule has 1 aromatic carbocycles. The van der Waals surface area contributed by atoms with Gasteiger partial charge in [0.05, 0.1) is 6.54 Å². The van der Waals surface area contributed by atoms with Crippen molar-refractivity contribution in [3.63, 3.8) is 0 Å². The Morgan fingerprint density at radius 3 is 2.48 bits per heavy atom. The molecule has 1 fully saturated rings. The molecule has 0 unspecified atom stereocenters. The van der Waals surface area contributed by atoms with Crippen LogP contribution in [0.3, 0.4) is 0 Å². The van der Waals surface area contributed by atoms with Crippen LogP contribution in [-0.2, 0) is 13.0 Å². The molecule has 0 saturated heterocycles. The van der Waals surface area contributed by atoms with Gasteiger partial charge in [-0.1, -0.05) is 38.8 Å². The molecule has 1 aliphatic carbocycles. The van der Waals surface area contributed by atoms with Gasteiger partial charge in [0.15, 0.2) is 0 Å². The topological polar surface area (TPSA) is 8.81 Å². The van der Waals surface area contributed by atoms with E-state index >= 15 is 0 Å². The van der Waals surface area contributed by atoms with Gasteiger partial charge in [-0.05, 0) is 48.8 Å². The molecule has 0 N–H and O–H groups in total. The molecule has 21 heavy (non-hydrogen) atoms. The lowest BCUT2D eigenvalue weighted by Crippen LogP contribution is -2.36. The van der Waals surface area contributed by atoms with Gasteiger partial charge in [-0.25, -0.2) is 9.13 Å². The predicted molar refractivity (Wildman–Crippen MR) is 86.5 cm³/mol. The fourth-order valence-corrected chi connectivity index (χ4v) is 3.37. The van der Waals surface area contributed by atoms with Crippen LogP contribution >= 0.6 is 0 Å². The van der Waals surface area contributed by atoms with Gasteiger partial charge in [0.2, 0.25) is 6.33 Å². The minimum absolute atomic E-state index is 0.865. The van der Waals surface area contributed by atoms with Crippen LogP contribution in [0.15, 0.2) is 43.0 Å². The fourth-order valence-electron chi connectivity index (χ4n) is 3.37. The second kappa shape index (κ2) is 6.46. The summed E-state index contributed by atoms with van der Waals surface area (Å²) in [4.78, 5) is 0. The lowest BCUT2D eigenvalue weighted by molar-refractivity contribution is -0.703. The normalized spacial score (nSPS) is 22.4. The zero-order valence-electron chi connectivity index (χ0n) is 13.3. The van der Waals surface area contributed by atoms with Crippen LogP contribution < -0.4 is 4.57 Å². The monoisotopic (exact) mass is 283 g/mol. The summed E-state index contributed by atoms with van der Waals surface area (Å²) in [5, 5.41) is 0. The zero-order chi connectivity index (χ0) is 14.7. The first-order valence-corrected chi connectivity index (χ1v) is 8.41. The molecule has 2 nitrogen and oxygen atoms in total. The molecule has 2 heteroatoms. The largest absolute Gasteiger partial charge is 0.248 e. The van der Waals surface area contributed by atoms with Crippen LogP contribution in [0.2, 0.25) is 0 Å². The third-order valence-corrected chi connectivity index (χ3v) is 4.94. The molecule has 1 saturated carbocycles. The highest BCUT2D eigenvalue weighted by Crippen LogP contribution is 2.28. The summed E-state index contributed by atoms with van der Waals surface area (Å²) in [5.74, 6) is 1.80. The van der Waals surface area contributed by atoms with Crippen molar-refractivity contribution >= 4 is 0 Å². The van der Waals surface area contributed by atoms with Crippen LogP contribution in [0.1, 0.15) is 45.1 Å². The highest BCUT2D eigenvalue weighted by Gasteiger charge is 2.20. The third-order valence-electron chi connectivity index (χ3n) is 4.94. The van der Waals surface area contributed by atoms with Crippen molar-refractivity contribution in [2.75, 3.05) is 0 Å². The number of benzene rings is 1. The summed E-state index contributed by atoms with van der Waals surface area (Å²) in [6.07, 6.45) is 13.3. The molecule has 1 heterocycles. The van der Waals surface area contributed by atoms with E-state index in [1.165, 1.54) is 43.5 Å². The summed E-state index contributed by atoms with van der Waals surface area (Å²) in [6, 6.07) is 8.88. The molecule has 0 amide bonds. The number of hydrogen-bond donors (Lipinski definition) is 0. The van der Waals surface area contributed by atoms with E-state index < -0.39 is 0 Å². The van der Waals surface area contributed by atoms with Gasteiger partial charge in [-0.2, -0.15) is 0 Å². The molecule has 2 aromatic rings. The SMILES string of the molecule is CCc1ccc(-n2cc[n+](CC3CCC(C)CC3)c2)cc1. The standard InChI is InChI=1S/C19H27N2/c1-3-17-8-10-19(11-9-17)21-13-12-20(15-21)14-18-6-4-16(2)5-7-18/h8-13,15-16,18H,3-7,14H2,1-2H3/q+1. The number of hydrogen-bond acceptors (Lipinski definition) is 0. The van der Waals surface area contributed by atoms with Crippen molar-refractivity contribution in [1.82, 2.24) is 4.57 Å². The molecular formula is C19H27N2+. The second-order valence-corrected chi connectivity index (χ2v) is 6.66. The number of rotatable bonds is 4. The maximum Gasteiger partial charge on any atom is 0.248 e. The van der Waals surface area contributed by atoms with Gasteiger partial charge in [0.25, 0.3) is 0 Å². The Morgan fingerprint density at radius 1 is 1.10 bits per heavy atom.